The third-order valence-electron chi connectivity index (χ3n) is 6.12. The fourth-order valence-corrected chi connectivity index (χ4v) is 4.90. The topological polar surface area (TPSA) is 189 Å². The Morgan fingerprint density at radius 2 is 1.20 bits per heavy atom. The first-order chi connectivity index (χ1) is 17.9. The summed E-state index contributed by atoms with van der Waals surface area (Å²) < 4.78 is 82.6. The van der Waals surface area contributed by atoms with E-state index >= 15 is 0 Å². The predicted molar refractivity (Wildman–Crippen MR) is 135 cm³/mol. The largest absolute Gasteiger partial charge is 1.00 e. The maximum absolute atomic E-state index is 12.0. The molecule has 0 amide bonds. The molecule has 1 heterocycles. The van der Waals surface area contributed by atoms with Gasteiger partial charge in [0.05, 0.1) is 13.2 Å². The molecule has 2 atom stereocenters. The van der Waals surface area contributed by atoms with Crippen molar-refractivity contribution < 1.29 is 113 Å². The number of aliphatic hydroxyl groups excluding tert-OH is 1. The Bertz CT molecular complexity index is 926. The monoisotopic (exact) mass is 632 g/mol. The molecular formula is C24H42Na2O12S2. The van der Waals surface area contributed by atoms with Gasteiger partial charge in [0.15, 0.2) is 11.9 Å². The van der Waals surface area contributed by atoms with Gasteiger partial charge in [-0.1, -0.05) is 103 Å². The number of unbranched alkanes of at least 4 members (excludes halogenated alkanes) is 15. The van der Waals surface area contributed by atoms with Crippen LogP contribution in [0.5, 0.6) is 0 Å². The van der Waals surface area contributed by atoms with Gasteiger partial charge in [-0.05, 0) is 6.42 Å². The minimum absolute atomic E-state index is 0. The van der Waals surface area contributed by atoms with Crippen LogP contribution in [-0.2, 0) is 43.4 Å². The van der Waals surface area contributed by atoms with Gasteiger partial charge in [-0.15, -0.1) is 0 Å². The Hall–Kier alpha value is 0.550. The molecule has 0 spiro atoms. The molecule has 0 radical (unpaired) electrons. The molecule has 0 aromatic rings. The van der Waals surface area contributed by atoms with Crippen molar-refractivity contribution in [2.75, 3.05) is 13.2 Å². The van der Waals surface area contributed by atoms with E-state index in [1.54, 1.807) is 0 Å². The molecule has 0 saturated heterocycles. The Balaban J connectivity index is 0. The number of carbonyl (C=O) groups is 1. The predicted octanol–water partition coefficient (Wildman–Crippen LogP) is -1.71. The molecule has 0 saturated carbocycles. The average molecular weight is 633 g/mol. The van der Waals surface area contributed by atoms with Gasteiger partial charge in [-0.3, -0.25) is 8.37 Å². The molecule has 12 nitrogen and oxygen atoms in total. The summed E-state index contributed by atoms with van der Waals surface area (Å²) in [6.07, 6.45) is 15.0. The zero-order valence-electron chi connectivity index (χ0n) is 24.1. The molecule has 0 aliphatic carbocycles. The number of hydrogen-bond donors (Lipinski definition) is 1. The number of ether oxygens (including phenoxy) is 2. The second kappa shape index (κ2) is 23.9. The van der Waals surface area contributed by atoms with Crippen LogP contribution in [0.3, 0.4) is 0 Å². The van der Waals surface area contributed by atoms with Crippen LogP contribution in [-0.4, -0.2) is 62.4 Å². The molecule has 0 aromatic heterocycles. The van der Waals surface area contributed by atoms with Crippen LogP contribution in [0.25, 0.3) is 0 Å². The van der Waals surface area contributed by atoms with E-state index in [2.05, 4.69) is 15.3 Å². The summed E-state index contributed by atoms with van der Waals surface area (Å²) >= 11 is 0. The third kappa shape index (κ3) is 21.3. The van der Waals surface area contributed by atoms with Crippen LogP contribution in [0.1, 0.15) is 110 Å². The van der Waals surface area contributed by atoms with E-state index in [4.69, 9.17) is 9.47 Å². The molecule has 0 fully saturated rings. The zero-order valence-corrected chi connectivity index (χ0v) is 29.8. The van der Waals surface area contributed by atoms with Crippen molar-refractivity contribution in [2.45, 2.75) is 122 Å². The minimum atomic E-state index is -5.42. The van der Waals surface area contributed by atoms with E-state index < -0.39 is 57.1 Å². The number of esters is 1. The van der Waals surface area contributed by atoms with Crippen molar-refractivity contribution in [3.63, 3.8) is 0 Å². The summed E-state index contributed by atoms with van der Waals surface area (Å²) in [5.41, 5.74) is 0. The van der Waals surface area contributed by atoms with E-state index in [-0.39, 0.29) is 65.7 Å². The van der Waals surface area contributed by atoms with Crippen molar-refractivity contribution in [2.24, 2.45) is 0 Å². The summed E-state index contributed by atoms with van der Waals surface area (Å²) in [6.45, 7) is 1.01. The SMILES string of the molecule is CCCCCCCCCCCCCCCCCCOC1=C(O)[C@@H]([C@H](COS(=O)(=O)[O-])OS(=O)(=O)[O-])OC1=O.[Na+].[Na+]. The maximum atomic E-state index is 12.0. The summed E-state index contributed by atoms with van der Waals surface area (Å²) in [7, 11) is -10.7. The van der Waals surface area contributed by atoms with Gasteiger partial charge in [-0.2, -0.15) is 0 Å². The Morgan fingerprint density at radius 3 is 1.60 bits per heavy atom. The average Bonchev–Trinajstić information content (AvgIpc) is 3.10. The number of cyclic esters (lactones) is 1. The van der Waals surface area contributed by atoms with E-state index in [1.807, 2.05) is 0 Å². The van der Waals surface area contributed by atoms with Crippen LogP contribution < -0.4 is 59.1 Å². The quantitative estimate of drug-likeness (QED) is 0.0418. The van der Waals surface area contributed by atoms with Gasteiger partial charge in [0, 0.05) is 0 Å². The van der Waals surface area contributed by atoms with Crippen LogP contribution in [0.15, 0.2) is 11.5 Å². The molecule has 40 heavy (non-hydrogen) atoms. The van der Waals surface area contributed by atoms with E-state index in [9.17, 15) is 35.8 Å². The molecule has 0 aromatic carbocycles. The molecule has 1 aliphatic rings. The smallest absolute Gasteiger partial charge is 0.726 e. The summed E-state index contributed by atoms with van der Waals surface area (Å²) in [5.74, 6) is -2.67. The molecule has 0 bridgehead atoms. The van der Waals surface area contributed by atoms with Crippen molar-refractivity contribution >= 4 is 26.8 Å². The molecule has 224 valence electrons. The zero-order chi connectivity index (χ0) is 28.4. The van der Waals surface area contributed by atoms with Crippen LogP contribution in [0, 0.1) is 0 Å². The van der Waals surface area contributed by atoms with Crippen LogP contribution in [0.4, 0.5) is 0 Å². The van der Waals surface area contributed by atoms with Crippen molar-refractivity contribution in [1.29, 1.82) is 0 Å². The Kier molecular flexibility index (Phi) is 25.5. The second-order valence-corrected chi connectivity index (χ2v) is 11.5. The van der Waals surface area contributed by atoms with E-state index in [1.165, 1.54) is 70.6 Å². The van der Waals surface area contributed by atoms with Crippen molar-refractivity contribution in [3.8, 4) is 0 Å². The first-order valence-corrected chi connectivity index (χ1v) is 16.1. The van der Waals surface area contributed by atoms with Crippen LogP contribution in [0.2, 0.25) is 0 Å². The number of hydrogen-bond acceptors (Lipinski definition) is 12. The standard InChI is InChI=1S/C24H44O12S2.2Na/c1-2-3-4-5-6-7-8-9-10-11-12-13-14-15-16-17-18-33-23-21(25)22(35-24(23)26)20(36-38(30,31)32)19-34-37(27,28)29;;/h20,22,25H,2-19H2,1H3,(H,27,28,29)(H,30,31,32);;/q;2*+1/p-2/t20-,22+;;/m0../s1. The van der Waals surface area contributed by atoms with E-state index in [0.29, 0.717) is 6.42 Å². The maximum Gasteiger partial charge on any atom is 1.00 e. The second-order valence-electron chi connectivity index (χ2n) is 9.43. The molecule has 1 aliphatic heterocycles. The third-order valence-corrected chi connectivity index (χ3v) is 7.03. The normalized spacial score (nSPS) is 16.3. The molecular weight excluding hydrogens is 590 g/mol. The number of rotatable bonds is 24. The molecule has 16 heteroatoms. The van der Waals surface area contributed by atoms with E-state index in [0.717, 1.165) is 25.7 Å². The van der Waals surface area contributed by atoms with Gasteiger partial charge in [0.2, 0.25) is 26.6 Å². The minimum Gasteiger partial charge on any atom is -0.726 e. The van der Waals surface area contributed by atoms with Gasteiger partial charge >= 0.3 is 65.1 Å². The molecule has 0 unspecified atom stereocenters. The first-order valence-electron chi connectivity index (χ1n) is 13.5. The van der Waals surface area contributed by atoms with Gasteiger partial charge in [-0.25, -0.2) is 21.6 Å². The first kappa shape index (κ1) is 42.7. The number of carbonyl (C=O) groups excluding carboxylic acids is 1. The van der Waals surface area contributed by atoms with Gasteiger partial charge in [0.1, 0.15) is 6.10 Å². The summed E-state index contributed by atoms with van der Waals surface area (Å²) in [4.78, 5) is 12.0. The van der Waals surface area contributed by atoms with Crippen LogP contribution >= 0.6 is 0 Å². The van der Waals surface area contributed by atoms with Crippen molar-refractivity contribution in [3.05, 3.63) is 11.5 Å². The van der Waals surface area contributed by atoms with Crippen molar-refractivity contribution in [1.82, 2.24) is 0 Å². The summed E-state index contributed by atoms with van der Waals surface area (Å²) in [6, 6.07) is 0. The summed E-state index contributed by atoms with van der Waals surface area (Å²) in [5, 5.41) is 10.2. The molecule has 1 rings (SSSR count). The Morgan fingerprint density at radius 1 is 0.775 bits per heavy atom. The fraction of sp³-hybridized carbons (Fsp3) is 0.875. The van der Waals surface area contributed by atoms with Gasteiger partial charge < -0.3 is 23.7 Å². The van der Waals surface area contributed by atoms with Gasteiger partial charge in [0.25, 0.3) is 0 Å². The Labute approximate surface area is 283 Å². The fourth-order valence-electron chi connectivity index (χ4n) is 4.14. The number of aliphatic hydroxyl groups is 1. The molecule has 1 N–H and O–H groups in total.